The molecule has 0 bridgehead atoms. The van der Waals surface area contributed by atoms with Gasteiger partial charge in [0.05, 0.1) is 28.5 Å². The molecule has 0 radical (unpaired) electrons. The van der Waals surface area contributed by atoms with Crippen LogP contribution in [0.15, 0.2) is 158 Å². The zero-order valence-corrected chi connectivity index (χ0v) is 25.2. The van der Waals surface area contributed by atoms with Crippen molar-refractivity contribution < 1.29 is 0 Å². The van der Waals surface area contributed by atoms with Crippen molar-refractivity contribution in [1.29, 1.82) is 0 Å². The Kier molecular flexibility index (Phi) is 6.35. The molecule has 220 valence electrons. The molecule has 6 heteroatoms. The van der Waals surface area contributed by atoms with Gasteiger partial charge in [-0.1, -0.05) is 78.9 Å². The minimum atomic E-state index is 0.803. The van der Waals surface area contributed by atoms with Gasteiger partial charge in [0.25, 0.3) is 0 Å². The highest BCUT2D eigenvalue weighted by Crippen LogP contribution is 2.36. The minimum absolute atomic E-state index is 0.803. The quantitative estimate of drug-likeness (QED) is 0.196. The predicted octanol–water partition coefficient (Wildman–Crippen LogP) is 9.56. The van der Waals surface area contributed by atoms with Crippen LogP contribution >= 0.6 is 0 Å². The van der Waals surface area contributed by atoms with Crippen molar-refractivity contribution in [3.63, 3.8) is 0 Å². The summed E-state index contributed by atoms with van der Waals surface area (Å²) in [5.41, 5.74) is 12.2. The third-order valence-electron chi connectivity index (χ3n) is 8.50. The van der Waals surface area contributed by atoms with E-state index in [1.54, 1.807) is 12.4 Å². The van der Waals surface area contributed by atoms with Gasteiger partial charge in [0.15, 0.2) is 5.65 Å². The predicted molar refractivity (Wildman–Crippen MR) is 189 cm³/mol. The standard InChI is InChI=1S/C41H26N6/c1-2-16-33-32(15-1)39(46-41-40(33)45-38-19-5-8-22-47(38)41)30-14-10-12-28(24-30)27-11-9-13-29(23-27)31-25-36(34-17-3-6-20-42-34)44-37(26-31)35-18-4-7-21-43-35/h1-26H. The summed E-state index contributed by atoms with van der Waals surface area (Å²) in [6, 6.07) is 47.7. The topological polar surface area (TPSA) is 68.9 Å². The van der Waals surface area contributed by atoms with E-state index in [0.29, 0.717) is 0 Å². The van der Waals surface area contributed by atoms with Gasteiger partial charge in [-0.25, -0.2) is 15.0 Å². The number of fused-ring (bicyclic) bond motifs is 5. The first kappa shape index (κ1) is 26.8. The van der Waals surface area contributed by atoms with Gasteiger partial charge in [0.2, 0.25) is 0 Å². The van der Waals surface area contributed by atoms with E-state index >= 15 is 0 Å². The van der Waals surface area contributed by atoms with Crippen LogP contribution < -0.4 is 0 Å². The van der Waals surface area contributed by atoms with Crippen LogP contribution in [0, 0.1) is 0 Å². The molecule has 6 aromatic heterocycles. The van der Waals surface area contributed by atoms with Gasteiger partial charge in [-0.15, -0.1) is 0 Å². The first-order valence-corrected chi connectivity index (χ1v) is 15.5. The van der Waals surface area contributed by atoms with E-state index in [-0.39, 0.29) is 0 Å². The summed E-state index contributed by atoms with van der Waals surface area (Å²) in [6.45, 7) is 0. The Balaban J connectivity index is 1.17. The molecule has 0 spiro atoms. The Bertz CT molecular complexity index is 2520. The number of rotatable bonds is 5. The van der Waals surface area contributed by atoms with E-state index in [1.165, 1.54) is 0 Å². The summed E-state index contributed by atoms with van der Waals surface area (Å²) >= 11 is 0. The van der Waals surface area contributed by atoms with E-state index in [9.17, 15) is 0 Å². The fourth-order valence-electron chi connectivity index (χ4n) is 6.27. The molecule has 0 fully saturated rings. The molecule has 0 N–H and O–H groups in total. The van der Waals surface area contributed by atoms with Crippen LogP contribution in [0.4, 0.5) is 0 Å². The highest BCUT2D eigenvalue weighted by Gasteiger charge is 2.16. The molecule has 3 aromatic carbocycles. The van der Waals surface area contributed by atoms with E-state index in [1.807, 2.05) is 60.8 Å². The number of hydrogen-bond acceptors (Lipinski definition) is 5. The Morgan fingerprint density at radius 2 is 1.00 bits per heavy atom. The van der Waals surface area contributed by atoms with Crippen LogP contribution in [-0.2, 0) is 0 Å². The van der Waals surface area contributed by atoms with Crippen LogP contribution in [0.5, 0.6) is 0 Å². The molecule has 6 nitrogen and oxygen atoms in total. The lowest BCUT2D eigenvalue weighted by Gasteiger charge is -2.12. The second-order valence-corrected chi connectivity index (χ2v) is 11.4. The molecule has 9 aromatic rings. The third-order valence-corrected chi connectivity index (χ3v) is 8.50. The largest absolute Gasteiger partial charge is 0.284 e. The molecule has 0 unspecified atom stereocenters. The normalized spacial score (nSPS) is 11.4. The number of benzene rings is 3. The Labute approximate surface area is 270 Å². The van der Waals surface area contributed by atoms with Crippen LogP contribution in [0.3, 0.4) is 0 Å². The van der Waals surface area contributed by atoms with E-state index in [2.05, 4.69) is 99.3 Å². The molecule has 0 aliphatic rings. The molecule has 6 heterocycles. The number of imidazole rings is 1. The Morgan fingerprint density at radius 3 is 1.68 bits per heavy atom. The van der Waals surface area contributed by atoms with Gasteiger partial charge in [0, 0.05) is 34.9 Å². The lowest BCUT2D eigenvalue weighted by atomic mass is 9.95. The maximum atomic E-state index is 5.22. The lowest BCUT2D eigenvalue weighted by molar-refractivity contribution is 1.19. The molecule has 0 saturated carbocycles. The van der Waals surface area contributed by atoms with Crippen molar-refractivity contribution in [2.75, 3.05) is 0 Å². The third kappa shape index (κ3) is 4.80. The molecule has 0 saturated heterocycles. The fraction of sp³-hybridized carbons (Fsp3) is 0. The van der Waals surface area contributed by atoms with Crippen LogP contribution in [0.1, 0.15) is 0 Å². The maximum Gasteiger partial charge on any atom is 0.165 e. The number of hydrogen-bond donors (Lipinski definition) is 0. The fourth-order valence-corrected chi connectivity index (χ4v) is 6.27. The Hall–Kier alpha value is -6.53. The molecule has 9 rings (SSSR count). The second-order valence-electron chi connectivity index (χ2n) is 11.4. The zero-order chi connectivity index (χ0) is 31.2. The van der Waals surface area contributed by atoms with Crippen molar-refractivity contribution >= 4 is 27.6 Å². The molecule has 47 heavy (non-hydrogen) atoms. The number of nitrogens with zero attached hydrogens (tertiary/aromatic N) is 6. The highest BCUT2D eigenvalue weighted by atomic mass is 15.1. The number of pyridine rings is 5. The number of aromatic nitrogens is 6. The summed E-state index contributed by atoms with van der Waals surface area (Å²) in [6.07, 6.45) is 5.61. The van der Waals surface area contributed by atoms with E-state index in [4.69, 9.17) is 15.0 Å². The Morgan fingerprint density at radius 1 is 0.404 bits per heavy atom. The van der Waals surface area contributed by atoms with Crippen molar-refractivity contribution in [2.24, 2.45) is 0 Å². The monoisotopic (exact) mass is 602 g/mol. The average Bonchev–Trinajstić information content (AvgIpc) is 3.54. The van der Waals surface area contributed by atoms with E-state index < -0.39 is 0 Å². The lowest BCUT2D eigenvalue weighted by Crippen LogP contribution is -1.94. The molecule has 0 amide bonds. The first-order chi connectivity index (χ1) is 23.3. The zero-order valence-electron chi connectivity index (χ0n) is 25.2. The smallest absolute Gasteiger partial charge is 0.165 e. The van der Waals surface area contributed by atoms with Crippen LogP contribution in [0.2, 0.25) is 0 Å². The van der Waals surface area contributed by atoms with Crippen LogP contribution in [0.25, 0.3) is 83.9 Å². The van der Waals surface area contributed by atoms with Crippen LogP contribution in [-0.4, -0.2) is 29.3 Å². The van der Waals surface area contributed by atoms with Crippen molar-refractivity contribution in [1.82, 2.24) is 29.3 Å². The molecule has 0 atom stereocenters. The summed E-state index contributed by atoms with van der Waals surface area (Å²) in [4.78, 5) is 24.3. The van der Waals surface area contributed by atoms with Gasteiger partial charge in [-0.05, 0) is 82.9 Å². The van der Waals surface area contributed by atoms with Crippen molar-refractivity contribution in [3.05, 3.63) is 158 Å². The van der Waals surface area contributed by atoms with Crippen molar-refractivity contribution in [3.8, 4) is 56.3 Å². The van der Waals surface area contributed by atoms with Gasteiger partial charge < -0.3 is 0 Å². The average molecular weight is 603 g/mol. The highest BCUT2D eigenvalue weighted by molar-refractivity contribution is 6.09. The first-order valence-electron chi connectivity index (χ1n) is 15.5. The summed E-state index contributed by atoms with van der Waals surface area (Å²) < 4.78 is 2.06. The molecule has 0 aliphatic heterocycles. The SMILES string of the molecule is c1ccc(-c2cc(-c3cccc(-c4cccc(-c5nc6c(nc7ccccn76)c6ccccc56)c4)c3)cc(-c3ccccn3)n2)nc1. The van der Waals surface area contributed by atoms with Gasteiger partial charge >= 0.3 is 0 Å². The summed E-state index contributed by atoms with van der Waals surface area (Å²) in [7, 11) is 0. The van der Waals surface area contributed by atoms with Crippen molar-refractivity contribution in [2.45, 2.75) is 0 Å². The summed E-state index contributed by atoms with van der Waals surface area (Å²) in [5, 5.41) is 2.17. The summed E-state index contributed by atoms with van der Waals surface area (Å²) in [5.74, 6) is 0. The van der Waals surface area contributed by atoms with Gasteiger partial charge in [-0.3, -0.25) is 14.4 Å². The van der Waals surface area contributed by atoms with E-state index in [0.717, 1.165) is 83.9 Å². The molecule has 0 aliphatic carbocycles. The van der Waals surface area contributed by atoms with Gasteiger partial charge in [-0.2, -0.15) is 0 Å². The molecular weight excluding hydrogens is 576 g/mol. The second kappa shape index (κ2) is 11.1. The van der Waals surface area contributed by atoms with Gasteiger partial charge in [0.1, 0.15) is 11.2 Å². The maximum absolute atomic E-state index is 5.22. The minimum Gasteiger partial charge on any atom is -0.284 e. The molecular formula is C41H26N6.